The maximum Gasteiger partial charge on any atom is 0.0705 e. The minimum atomic E-state index is 0.701. The first-order valence-electron chi connectivity index (χ1n) is 5.71. The number of hydrogen-bond acceptors (Lipinski definition) is 2. The van der Waals surface area contributed by atoms with Crippen LogP contribution in [0.3, 0.4) is 0 Å². The molecule has 0 fully saturated rings. The maximum absolute atomic E-state index is 5.86. The lowest BCUT2D eigenvalue weighted by atomic mass is 10.1. The molecule has 17 heavy (non-hydrogen) atoms. The lowest BCUT2D eigenvalue weighted by Crippen LogP contribution is -2.01. The summed E-state index contributed by atoms with van der Waals surface area (Å²) >= 11 is 5.86. The highest BCUT2D eigenvalue weighted by molar-refractivity contribution is 6.30. The molecule has 3 heteroatoms. The number of aromatic nitrogens is 1. The zero-order chi connectivity index (χ0) is 12.1. The summed E-state index contributed by atoms with van der Waals surface area (Å²) in [4.78, 5) is 4.61. The first kappa shape index (κ1) is 12.1. The van der Waals surface area contributed by atoms with Crippen molar-refractivity contribution in [3.63, 3.8) is 0 Å². The highest BCUT2D eigenvalue weighted by Crippen LogP contribution is 2.20. The summed E-state index contributed by atoms with van der Waals surface area (Å²) in [6.45, 7) is 0.701. The Labute approximate surface area is 106 Å². The van der Waals surface area contributed by atoms with Gasteiger partial charge in [-0.1, -0.05) is 29.8 Å². The van der Waals surface area contributed by atoms with Crippen molar-refractivity contribution in [2.75, 3.05) is 6.54 Å². The molecule has 0 unspecified atom stereocenters. The van der Waals surface area contributed by atoms with Crippen molar-refractivity contribution in [3.8, 4) is 11.3 Å². The summed E-state index contributed by atoms with van der Waals surface area (Å²) in [5.74, 6) is 0. The van der Waals surface area contributed by atoms with Gasteiger partial charge in [0, 0.05) is 16.3 Å². The number of halogens is 1. The van der Waals surface area contributed by atoms with Crippen molar-refractivity contribution in [2.45, 2.75) is 12.8 Å². The van der Waals surface area contributed by atoms with E-state index in [1.54, 1.807) is 0 Å². The molecule has 2 nitrogen and oxygen atoms in total. The molecule has 2 aromatic rings. The summed E-state index contributed by atoms with van der Waals surface area (Å²) < 4.78 is 0. The van der Waals surface area contributed by atoms with Crippen molar-refractivity contribution in [3.05, 3.63) is 53.2 Å². The van der Waals surface area contributed by atoms with Gasteiger partial charge in [-0.05, 0) is 43.7 Å². The highest BCUT2D eigenvalue weighted by atomic mass is 35.5. The van der Waals surface area contributed by atoms with Gasteiger partial charge in [0.25, 0.3) is 0 Å². The summed E-state index contributed by atoms with van der Waals surface area (Å²) in [6, 6.07) is 13.8. The van der Waals surface area contributed by atoms with Crippen LogP contribution in [0.2, 0.25) is 5.02 Å². The summed E-state index contributed by atoms with van der Waals surface area (Å²) in [7, 11) is 0. The third-order valence-corrected chi connectivity index (χ3v) is 2.84. The zero-order valence-corrected chi connectivity index (χ0v) is 10.3. The third kappa shape index (κ3) is 3.29. The number of aryl methyl sites for hydroxylation is 1. The SMILES string of the molecule is NCCCc1cccc(-c2ccc(Cl)cc2)n1. The molecule has 0 atom stereocenters. The van der Waals surface area contributed by atoms with Gasteiger partial charge in [0.15, 0.2) is 0 Å². The zero-order valence-electron chi connectivity index (χ0n) is 9.57. The van der Waals surface area contributed by atoms with Crippen LogP contribution in [0.4, 0.5) is 0 Å². The Bertz CT molecular complexity index is 480. The van der Waals surface area contributed by atoms with Gasteiger partial charge < -0.3 is 5.73 Å². The molecule has 2 N–H and O–H groups in total. The lowest BCUT2D eigenvalue weighted by molar-refractivity contribution is 0.811. The molecule has 0 amide bonds. The Kier molecular flexibility index (Phi) is 4.13. The molecule has 1 aromatic carbocycles. The topological polar surface area (TPSA) is 38.9 Å². The van der Waals surface area contributed by atoms with Gasteiger partial charge in [0.05, 0.1) is 5.69 Å². The van der Waals surface area contributed by atoms with Crippen LogP contribution in [-0.4, -0.2) is 11.5 Å². The first-order chi connectivity index (χ1) is 8.29. The van der Waals surface area contributed by atoms with Crippen molar-refractivity contribution < 1.29 is 0 Å². The Hall–Kier alpha value is -1.38. The molecule has 0 spiro atoms. The van der Waals surface area contributed by atoms with E-state index in [4.69, 9.17) is 17.3 Å². The summed E-state index contributed by atoms with van der Waals surface area (Å²) in [6.07, 6.45) is 1.90. The van der Waals surface area contributed by atoms with Crippen LogP contribution in [0.25, 0.3) is 11.3 Å². The maximum atomic E-state index is 5.86. The van der Waals surface area contributed by atoms with E-state index in [9.17, 15) is 0 Å². The predicted molar refractivity (Wildman–Crippen MR) is 72.1 cm³/mol. The Morgan fingerprint density at radius 3 is 2.53 bits per heavy atom. The van der Waals surface area contributed by atoms with Crippen LogP contribution >= 0.6 is 11.6 Å². The molecule has 1 heterocycles. The smallest absolute Gasteiger partial charge is 0.0705 e. The Balaban J connectivity index is 2.23. The number of hydrogen-bond donors (Lipinski definition) is 1. The van der Waals surface area contributed by atoms with E-state index in [2.05, 4.69) is 4.98 Å². The normalized spacial score (nSPS) is 10.5. The number of benzene rings is 1. The van der Waals surface area contributed by atoms with Crippen LogP contribution in [0.1, 0.15) is 12.1 Å². The monoisotopic (exact) mass is 246 g/mol. The van der Waals surface area contributed by atoms with Gasteiger partial charge in [-0.15, -0.1) is 0 Å². The molecule has 0 aliphatic carbocycles. The number of nitrogens with two attached hydrogens (primary N) is 1. The average Bonchev–Trinajstić information content (AvgIpc) is 2.37. The molecule has 0 radical (unpaired) electrons. The second kappa shape index (κ2) is 5.80. The predicted octanol–water partition coefficient (Wildman–Crippen LogP) is 3.29. The van der Waals surface area contributed by atoms with Crippen LogP contribution in [0, 0.1) is 0 Å². The van der Waals surface area contributed by atoms with Gasteiger partial charge in [0.1, 0.15) is 0 Å². The van der Waals surface area contributed by atoms with Crippen molar-refractivity contribution in [2.24, 2.45) is 5.73 Å². The van der Waals surface area contributed by atoms with E-state index < -0.39 is 0 Å². The molecule has 0 bridgehead atoms. The highest BCUT2D eigenvalue weighted by Gasteiger charge is 2.01. The molecular weight excluding hydrogens is 232 g/mol. The Morgan fingerprint density at radius 2 is 1.82 bits per heavy atom. The molecule has 0 saturated carbocycles. The summed E-state index contributed by atoms with van der Waals surface area (Å²) in [5.41, 5.74) is 8.66. The first-order valence-corrected chi connectivity index (χ1v) is 6.09. The second-order valence-corrected chi connectivity index (χ2v) is 4.35. The number of pyridine rings is 1. The largest absolute Gasteiger partial charge is 0.330 e. The molecule has 1 aromatic heterocycles. The lowest BCUT2D eigenvalue weighted by Gasteiger charge is -2.04. The van der Waals surface area contributed by atoms with Gasteiger partial charge in [-0.25, -0.2) is 0 Å². The summed E-state index contributed by atoms with van der Waals surface area (Å²) in [5, 5.41) is 0.744. The second-order valence-electron chi connectivity index (χ2n) is 3.91. The molecule has 88 valence electrons. The van der Waals surface area contributed by atoms with Crippen molar-refractivity contribution in [1.29, 1.82) is 0 Å². The van der Waals surface area contributed by atoms with Gasteiger partial charge in [0.2, 0.25) is 0 Å². The van der Waals surface area contributed by atoms with Crippen LogP contribution in [0.15, 0.2) is 42.5 Å². The number of rotatable bonds is 4. The quantitative estimate of drug-likeness (QED) is 0.899. The standard InChI is InChI=1S/C14H15ClN2/c15-12-8-6-11(7-9-12)14-5-1-3-13(17-14)4-2-10-16/h1,3,5-9H,2,4,10,16H2. The van der Waals surface area contributed by atoms with E-state index in [1.807, 2.05) is 42.5 Å². The minimum absolute atomic E-state index is 0.701. The fourth-order valence-electron chi connectivity index (χ4n) is 1.68. The van der Waals surface area contributed by atoms with Gasteiger partial charge >= 0.3 is 0 Å². The van der Waals surface area contributed by atoms with E-state index in [0.717, 1.165) is 34.8 Å². The Morgan fingerprint density at radius 1 is 1.06 bits per heavy atom. The molecule has 0 aliphatic heterocycles. The minimum Gasteiger partial charge on any atom is -0.330 e. The van der Waals surface area contributed by atoms with Crippen LogP contribution in [0.5, 0.6) is 0 Å². The molecule has 0 aliphatic rings. The van der Waals surface area contributed by atoms with Crippen molar-refractivity contribution in [1.82, 2.24) is 4.98 Å². The molecule has 0 saturated heterocycles. The van der Waals surface area contributed by atoms with E-state index >= 15 is 0 Å². The fourth-order valence-corrected chi connectivity index (χ4v) is 1.81. The van der Waals surface area contributed by atoms with Crippen LogP contribution in [-0.2, 0) is 6.42 Å². The number of nitrogens with zero attached hydrogens (tertiary/aromatic N) is 1. The van der Waals surface area contributed by atoms with Crippen LogP contribution < -0.4 is 5.73 Å². The molecule has 2 rings (SSSR count). The van der Waals surface area contributed by atoms with E-state index in [1.165, 1.54) is 0 Å². The van der Waals surface area contributed by atoms with E-state index in [-0.39, 0.29) is 0 Å². The van der Waals surface area contributed by atoms with E-state index in [0.29, 0.717) is 6.54 Å². The third-order valence-electron chi connectivity index (χ3n) is 2.58. The fraction of sp³-hybridized carbons (Fsp3) is 0.214. The van der Waals surface area contributed by atoms with Crippen molar-refractivity contribution >= 4 is 11.6 Å². The average molecular weight is 247 g/mol. The molecular formula is C14H15ClN2. The van der Waals surface area contributed by atoms with Gasteiger partial charge in [-0.2, -0.15) is 0 Å². The van der Waals surface area contributed by atoms with Gasteiger partial charge in [-0.3, -0.25) is 4.98 Å².